The second-order valence-electron chi connectivity index (χ2n) is 5.79. The van der Waals surface area contributed by atoms with Crippen LogP contribution in [0.25, 0.3) is 0 Å². The van der Waals surface area contributed by atoms with E-state index in [9.17, 15) is 4.79 Å². The molecule has 1 aromatic carbocycles. The molecule has 1 aliphatic rings. The summed E-state index contributed by atoms with van der Waals surface area (Å²) in [6, 6.07) is 8.48. The molecule has 3 unspecified atom stereocenters. The zero-order chi connectivity index (χ0) is 13.8. The van der Waals surface area contributed by atoms with Gasteiger partial charge in [-0.1, -0.05) is 38.1 Å². The van der Waals surface area contributed by atoms with Crippen molar-refractivity contribution >= 4 is 5.97 Å². The van der Waals surface area contributed by atoms with Crippen LogP contribution in [0.4, 0.5) is 0 Å². The average molecular weight is 261 g/mol. The van der Waals surface area contributed by atoms with Gasteiger partial charge in [-0.25, -0.2) is 0 Å². The van der Waals surface area contributed by atoms with Gasteiger partial charge in [-0.3, -0.25) is 4.79 Å². The molecule has 0 heterocycles. The van der Waals surface area contributed by atoms with Gasteiger partial charge < -0.3 is 10.4 Å². The number of nitrogens with one attached hydrogen (secondary N) is 1. The fourth-order valence-electron chi connectivity index (χ4n) is 2.85. The summed E-state index contributed by atoms with van der Waals surface area (Å²) in [6.07, 6.45) is 2.68. The number of carboxylic acid groups (broad SMARTS) is 1. The minimum Gasteiger partial charge on any atom is -0.481 e. The topological polar surface area (TPSA) is 49.3 Å². The Morgan fingerprint density at radius 3 is 2.37 bits per heavy atom. The first-order valence-corrected chi connectivity index (χ1v) is 7.09. The Hall–Kier alpha value is -1.35. The third kappa shape index (κ3) is 3.80. The summed E-state index contributed by atoms with van der Waals surface area (Å²) in [5, 5.41) is 12.3. The summed E-state index contributed by atoms with van der Waals surface area (Å²) in [5.74, 6) is 0.779. The third-order valence-corrected chi connectivity index (χ3v) is 4.41. The summed E-state index contributed by atoms with van der Waals surface area (Å²) in [6.45, 7) is 5.52. The zero-order valence-electron chi connectivity index (χ0n) is 11.7. The van der Waals surface area contributed by atoms with Crippen molar-refractivity contribution in [3.63, 3.8) is 0 Å². The summed E-state index contributed by atoms with van der Waals surface area (Å²) < 4.78 is 0. The van der Waals surface area contributed by atoms with Crippen LogP contribution in [0.15, 0.2) is 24.3 Å². The Morgan fingerprint density at radius 2 is 1.84 bits per heavy atom. The molecule has 3 atom stereocenters. The first-order valence-electron chi connectivity index (χ1n) is 7.09. The smallest absolute Gasteiger partial charge is 0.307 e. The molecule has 104 valence electrons. The van der Waals surface area contributed by atoms with Crippen LogP contribution in [0.1, 0.15) is 37.8 Å². The first kappa shape index (κ1) is 14.1. The Balaban J connectivity index is 1.85. The third-order valence-electron chi connectivity index (χ3n) is 4.41. The van der Waals surface area contributed by atoms with Crippen molar-refractivity contribution in [2.75, 3.05) is 0 Å². The number of hydrogen-bond acceptors (Lipinski definition) is 2. The molecule has 0 aliphatic heterocycles. The molecule has 0 spiro atoms. The van der Waals surface area contributed by atoms with E-state index in [-0.39, 0.29) is 6.42 Å². The van der Waals surface area contributed by atoms with Gasteiger partial charge in [0.25, 0.3) is 0 Å². The van der Waals surface area contributed by atoms with Gasteiger partial charge in [-0.15, -0.1) is 0 Å². The normalized spacial score (nSPS) is 26.5. The quantitative estimate of drug-likeness (QED) is 0.857. The minimum atomic E-state index is -0.778. The lowest BCUT2D eigenvalue weighted by molar-refractivity contribution is -0.136. The highest BCUT2D eigenvalue weighted by Gasteiger charge is 2.28. The number of carbonyl (C=O) groups is 1. The van der Waals surface area contributed by atoms with Gasteiger partial charge in [0, 0.05) is 12.6 Å². The molecule has 1 aliphatic carbocycles. The van der Waals surface area contributed by atoms with Crippen molar-refractivity contribution in [3.8, 4) is 0 Å². The van der Waals surface area contributed by atoms with Crippen molar-refractivity contribution in [3.05, 3.63) is 35.4 Å². The lowest BCUT2D eigenvalue weighted by Crippen LogP contribution is -2.31. The van der Waals surface area contributed by atoms with E-state index >= 15 is 0 Å². The zero-order valence-corrected chi connectivity index (χ0v) is 11.7. The van der Waals surface area contributed by atoms with Gasteiger partial charge in [-0.2, -0.15) is 0 Å². The molecule has 0 aromatic heterocycles. The molecule has 1 aromatic rings. The number of benzene rings is 1. The lowest BCUT2D eigenvalue weighted by Gasteiger charge is -2.19. The van der Waals surface area contributed by atoms with Crippen molar-refractivity contribution in [2.24, 2.45) is 11.8 Å². The molecular formula is C16H23NO2. The largest absolute Gasteiger partial charge is 0.481 e. The molecule has 3 nitrogen and oxygen atoms in total. The molecular weight excluding hydrogens is 238 g/mol. The van der Waals surface area contributed by atoms with Gasteiger partial charge in [0.2, 0.25) is 0 Å². The van der Waals surface area contributed by atoms with Crippen LogP contribution < -0.4 is 5.32 Å². The number of carboxylic acids is 1. The molecule has 1 saturated carbocycles. The molecule has 2 rings (SSSR count). The van der Waals surface area contributed by atoms with Crippen LogP contribution in [0.5, 0.6) is 0 Å². The van der Waals surface area contributed by atoms with Crippen molar-refractivity contribution < 1.29 is 9.90 Å². The maximum Gasteiger partial charge on any atom is 0.307 e. The predicted molar refractivity (Wildman–Crippen MR) is 76.0 cm³/mol. The van der Waals surface area contributed by atoms with Crippen LogP contribution in [-0.2, 0) is 17.8 Å². The van der Waals surface area contributed by atoms with Crippen LogP contribution in [0.2, 0.25) is 0 Å². The Morgan fingerprint density at radius 1 is 1.21 bits per heavy atom. The molecule has 2 N–H and O–H groups in total. The summed E-state index contributed by atoms with van der Waals surface area (Å²) in [5.41, 5.74) is 2.08. The van der Waals surface area contributed by atoms with E-state index in [0.29, 0.717) is 6.04 Å². The summed E-state index contributed by atoms with van der Waals surface area (Å²) >= 11 is 0. The minimum absolute atomic E-state index is 0.102. The van der Waals surface area contributed by atoms with E-state index in [4.69, 9.17) is 5.11 Å². The van der Waals surface area contributed by atoms with Crippen molar-refractivity contribution in [1.82, 2.24) is 5.32 Å². The van der Waals surface area contributed by atoms with E-state index in [1.54, 1.807) is 0 Å². The van der Waals surface area contributed by atoms with Crippen LogP contribution in [0, 0.1) is 11.8 Å². The maximum absolute atomic E-state index is 10.6. The second kappa shape index (κ2) is 6.20. The molecule has 1 fully saturated rings. The van der Waals surface area contributed by atoms with E-state index in [0.717, 1.165) is 23.9 Å². The van der Waals surface area contributed by atoms with Gasteiger partial charge in [-0.05, 0) is 35.8 Å². The Bertz CT molecular complexity index is 427. The highest BCUT2D eigenvalue weighted by molar-refractivity contribution is 5.70. The molecule has 19 heavy (non-hydrogen) atoms. The van der Waals surface area contributed by atoms with E-state index < -0.39 is 5.97 Å². The summed E-state index contributed by atoms with van der Waals surface area (Å²) in [7, 11) is 0. The van der Waals surface area contributed by atoms with Crippen LogP contribution in [0.3, 0.4) is 0 Å². The first-order chi connectivity index (χ1) is 9.06. The second-order valence-corrected chi connectivity index (χ2v) is 5.79. The van der Waals surface area contributed by atoms with Gasteiger partial charge in [0.1, 0.15) is 0 Å². The van der Waals surface area contributed by atoms with Gasteiger partial charge in [0.05, 0.1) is 6.42 Å². The van der Waals surface area contributed by atoms with Crippen molar-refractivity contribution in [2.45, 2.75) is 45.7 Å². The van der Waals surface area contributed by atoms with Gasteiger partial charge >= 0.3 is 5.97 Å². The highest BCUT2D eigenvalue weighted by Crippen LogP contribution is 2.31. The lowest BCUT2D eigenvalue weighted by atomic mass is 9.97. The molecule has 0 bridgehead atoms. The maximum atomic E-state index is 10.6. The standard InChI is InChI=1S/C16H23NO2/c1-11-3-8-15(12(11)2)17-10-14-6-4-13(5-7-14)9-16(18)19/h4-7,11-12,15,17H,3,8-10H2,1-2H3,(H,18,19). The predicted octanol–water partition coefficient (Wildman–Crippen LogP) is 2.84. The molecule has 0 amide bonds. The number of rotatable bonds is 5. The fourth-order valence-corrected chi connectivity index (χ4v) is 2.85. The van der Waals surface area contributed by atoms with Crippen LogP contribution >= 0.6 is 0 Å². The SMILES string of the molecule is CC1CCC(NCc2ccc(CC(=O)O)cc2)C1C. The highest BCUT2D eigenvalue weighted by atomic mass is 16.4. The van der Waals surface area contributed by atoms with E-state index in [1.807, 2.05) is 24.3 Å². The monoisotopic (exact) mass is 261 g/mol. The van der Waals surface area contributed by atoms with E-state index in [2.05, 4.69) is 19.2 Å². The fraction of sp³-hybridized carbons (Fsp3) is 0.562. The molecule has 0 saturated heterocycles. The van der Waals surface area contributed by atoms with Gasteiger partial charge in [0.15, 0.2) is 0 Å². The average Bonchev–Trinajstić information content (AvgIpc) is 2.69. The molecule has 0 radical (unpaired) electrons. The number of hydrogen-bond donors (Lipinski definition) is 2. The van der Waals surface area contributed by atoms with Crippen molar-refractivity contribution in [1.29, 1.82) is 0 Å². The van der Waals surface area contributed by atoms with E-state index in [1.165, 1.54) is 18.4 Å². The number of aliphatic carboxylic acids is 1. The van der Waals surface area contributed by atoms with Crippen LogP contribution in [-0.4, -0.2) is 17.1 Å². The molecule has 3 heteroatoms. The summed E-state index contributed by atoms with van der Waals surface area (Å²) in [4.78, 5) is 10.6. The Labute approximate surface area is 115 Å². The Kier molecular flexibility index (Phi) is 4.59.